The fraction of sp³-hybridized carbons (Fsp3) is 0. The van der Waals surface area contributed by atoms with Crippen molar-refractivity contribution in [3.63, 3.8) is 0 Å². The second-order valence-corrected chi connectivity index (χ2v) is 4.87. The predicted octanol–water partition coefficient (Wildman–Crippen LogP) is 3.35. The highest BCUT2D eigenvalue weighted by molar-refractivity contribution is 9.10. The van der Waals surface area contributed by atoms with Crippen LogP contribution in [-0.2, 0) is 0 Å². The number of anilines is 1. The van der Waals surface area contributed by atoms with Crippen molar-refractivity contribution < 1.29 is 4.79 Å². The van der Waals surface area contributed by atoms with Crippen LogP contribution in [0.2, 0.25) is 0 Å². The number of aromatic nitrogens is 2. The normalized spacial score (nSPS) is 10.6. The lowest BCUT2D eigenvalue weighted by Gasteiger charge is -2.05. The van der Waals surface area contributed by atoms with Gasteiger partial charge in [-0.15, -0.1) is 0 Å². The maximum Gasteiger partial charge on any atom is 0.259 e. The van der Waals surface area contributed by atoms with Crippen molar-refractivity contribution in [2.24, 2.45) is 0 Å². The zero-order valence-corrected chi connectivity index (χ0v) is 11.5. The van der Waals surface area contributed by atoms with Gasteiger partial charge in [-0.25, -0.2) is 4.98 Å². The highest BCUT2D eigenvalue weighted by Crippen LogP contribution is 2.18. The molecule has 0 fully saturated rings. The van der Waals surface area contributed by atoms with E-state index in [1.165, 1.54) is 0 Å². The summed E-state index contributed by atoms with van der Waals surface area (Å²) in [5.41, 5.74) is 1.51. The Morgan fingerprint density at radius 3 is 2.79 bits per heavy atom. The molecule has 94 valence electrons. The summed E-state index contributed by atoms with van der Waals surface area (Å²) in [6.07, 6.45) is 3.58. The molecule has 3 aromatic rings. The van der Waals surface area contributed by atoms with Gasteiger partial charge in [0.2, 0.25) is 5.95 Å². The molecule has 2 heterocycles. The molecule has 0 bridgehead atoms. The van der Waals surface area contributed by atoms with Crippen LogP contribution in [0.4, 0.5) is 5.95 Å². The number of carbonyl (C=O) groups excluding carboxylic acids is 1. The Morgan fingerprint density at radius 1 is 1.16 bits per heavy atom. The van der Waals surface area contributed by atoms with Crippen molar-refractivity contribution in [3.8, 4) is 0 Å². The van der Waals surface area contributed by atoms with E-state index >= 15 is 0 Å². The Morgan fingerprint density at radius 2 is 1.95 bits per heavy atom. The summed E-state index contributed by atoms with van der Waals surface area (Å²) in [5, 5.41) is 2.80. The Labute approximate surface area is 118 Å². The topological polar surface area (TPSA) is 46.4 Å². The summed E-state index contributed by atoms with van der Waals surface area (Å²) in [6.45, 7) is 0. The quantitative estimate of drug-likeness (QED) is 0.788. The van der Waals surface area contributed by atoms with Crippen molar-refractivity contribution in [1.29, 1.82) is 0 Å². The van der Waals surface area contributed by atoms with Gasteiger partial charge in [-0.1, -0.05) is 18.2 Å². The van der Waals surface area contributed by atoms with Gasteiger partial charge in [0.1, 0.15) is 0 Å². The SMILES string of the molecule is O=C(Nc1ncc2ccccn12)c1ccccc1Br. The molecule has 0 radical (unpaired) electrons. The zero-order valence-electron chi connectivity index (χ0n) is 9.88. The molecule has 0 spiro atoms. The zero-order chi connectivity index (χ0) is 13.2. The molecule has 0 unspecified atom stereocenters. The molecular weight excluding hydrogens is 306 g/mol. The molecule has 2 aromatic heterocycles. The number of amides is 1. The average Bonchev–Trinajstić information content (AvgIpc) is 2.83. The van der Waals surface area contributed by atoms with Crippen LogP contribution in [0.15, 0.2) is 59.3 Å². The third kappa shape index (κ3) is 2.24. The highest BCUT2D eigenvalue weighted by atomic mass is 79.9. The van der Waals surface area contributed by atoms with Crippen molar-refractivity contribution in [3.05, 3.63) is 64.9 Å². The van der Waals surface area contributed by atoms with Gasteiger partial charge >= 0.3 is 0 Å². The summed E-state index contributed by atoms with van der Waals surface area (Å²) < 4.78 is 2.59. The minimum Gasteiger partial charge on any atom is -0.291 e. The first kappa shape index (κ1) is 11.9. The first-order chi connectivity index (χ1) is 9.25. The molecule has 1 N–H and O–H groups in total. The minimum atomic E-state index is -0.191. The number of benzene rings is 1. The van der Waals surface area contributed by atoms with Gasteiger partial charge in [-0.2, -0.15) is 0 Å². The fourth-order valence-electron chi connectivity index (χ4n) is 1.85. The molecule has 5 heteroatoms. The predicted molar refractivity (Wildman–Crippen MR) is 77.3 cm³/mol. The lowest BCUT2D eigenvalue weighted by Crippen LogP contribution is -2.14. The molecule has 1 aromatic carbocycles. The average molecular weight is 316 g/mol. The summed E-state index contributed by atoms with van der Waals surface area (Å²) >= 11 is 3.36. The van der Waals surface area contributed by atoms with Gasteiger partial charge in [0.25, 0.3) is 5.91 Å². The van der Waals surface area contributed by atoms with Crippen molar-refractivity contribution >= 4 is 33.3 Å². The van der Waals surface area contributed by atoms with E-state index in [9.17, 15) is 4.79 Å². The van der Waals surface area contributed by atoms with Crippen LogP contribution >= 0.6 is 15.9 Å². The number of fused-ring (bicyclic) bond motifs is 1. The van der Waals surface area contributed by atoms with Crippen LogP contribution in [0.25, 0.3) is 5.52 Å². The molecule has 0 saturated carbocycles. The second kappa shape index (κ2) is 4.85. The number of hydrogen-bond acceptors (Lipinski definition) is 2. The van der Waals surface area contributed by atoms with Crippen LogP contribution in [0, 0.1) is 0 Å². The Bertz CT molecular complexity index is 751. The maximum atomic E-state index is 12.2. The largest absolute Gasteiger partial charge is 0.291 e. The van der Waals surface area contributed by atoms with E-state index in [1.54, 1.807) is 12.3 Å². The second-order valence-electron chi connectivity index (χ2n) is 4.01. The van der Waals surface area contributed by atoms with E-state index in [4.69, 9.17) is 0 Å². The standard InChI is InChI=1S/C14H10BrN3O/c15-12-7-2-1-6-11(12)13(19)17-14-16-9-10-5-3-4-8-18(10)14/h1-9H,(H,16,17,19). The lowest BCUT2D eigenvalue weighted by molar-refractivity contribution is 0.102. The first-order valence-electron chi connectivity index (χ1n) is 5.74. The van der Waals surface area contributed by atoms with E-state index in [-0.39, 0.29) is 5.91 Å². The Hall–Kier alpha value is -2.14. The van der Waals surface area contributed by atoms with Crippen LogP contribution in [-0.4, -0.2) is 15.3 Å². The van der Waals surface area contributed by atoms with Crippen molar-refractivity contribution in [2.75, 3.05) is 5.32 Å². The van der Waals surface area contributed by atoms with Crippen LogP contribution in [0.1, 0.15) is 10.4 Å². The van der Waals surface area contributed by atoms with Crippen LogP contribution < -0.4 is 5.32 Å². The molecule has 0 aliphatic rings. The molecule has 4 nitrogen and oxygen atoms in total. The summed E-state index contributed by atoms with van der Waals surface area (Å²) in [6, 6.07) is 13.0. The van der Waals surface area contributed by atoms with Gasteiger partial charge in [-0.05, 0) is 40.2 Å². The van der Waals surface area contributed by atoms with Gasteiger partial charge in [0, 0.05) is 10.7 Å². The molecule has 3 rings (SSSR count). The molecular formula is C14H10BrN3O. The minimum absolute atomic E-state index is 0.191. The number of carbonyl (C=O) groups is 1. The smallest absolute Gasteiger partial charge is 0.259 e. The van der Waals surface area contributed by atoms with E-state index in [0.29, 0.717) is 11.5 Å². The van der Waals surface area contributed by atoms with Gasteiger partial charge in [0.05, 0.1) is 17.3 Å². The van der Waals surface area contributed by atoms with Crippen LogP contribution in [0.5, 0.6) is 0 Å². The summed E-state index contributed by atoms with van der Waals surface area (Å²) in [7, 11) is 0. The third-order valence-electron chi connectivity index (χ3n) is 2.78. The summed E-state index contributed by atoms with van der Waals surface area (Å²) in [5.74, 6) is 0.320. The van der Waals surface area contributed by atoms with Crippen molar-refractivity contribution in [1.82, 2.24) is 9.38 Å². The number of hydrogen-bond donors (Lipinski definition) is 1. The van der Waals surface area contributed by atoms with Gasteiger partial charge in [0.15, 0.2) is 0 Å². The fourth-order valence-corrected chi connectivity index (χ4v) is 2.32. The Kier molecular flexibility index (Phi) is 3.05. The number of imidazole rings is 1. The van der Waals surface area contributed by atoms with Gasteiger partial charge < -0.3 is 0 Å². The number of rotatable bonds is 2. The molecule has 0 atom stereocenters. The summed E-state index contributed by atoms with van der Waals surface area (Å²) in [4.78, 5) is 16.4. The molecule has 0 aliphatic heterocycles. The van der Waals surface area contributed by atoms with E-state index < -0.39 is 0 Å². The molecule has 0 aliphatic carbocycles. The first-order valence-corrected chi connectivity index (χ1v) is 6.53. The third-order valence-corrected chi connectivity index (χ3v) is 3.47. The van der Waals surface area contributed by atoms with Crippen molar-refractivity contribution in [2.45, 2.75) is 0 Å². The van der Waals surface area contributed by atoms with Gasteiger partial charge in [-0.3, -0.25) is 14.5 Å². The maximum absolute atomic E-state index is 12.2. The monoisotopic (exact) mass is 315 g/mol. The van der Waals surface area contributed by atoms with E-state index in [0.717, 1.165) is 9.99 Å². The Balaban J connectivity index is 1.94. The number of halogens is 1. The van der Waals surface area contributed by atoms with Crippen LogP contribution in [0.3, 0.4) is 0 Å². The number of nitrogens with zero attached hydrogens (tertiary/aromatic N) is 2. The van der Waals surface area contributed by atoms with E-state index in [2.05, 4.69) is 26.2 Å². The number of pyridine rings is 1. The highest BCUT2D eigenvalue weighted by Gasteiger charge is 2.12. The molecule has 0 saturated heterocycles. The lowest BCUT2D eigenvalue weighted by atomic mass is 10.2. The molecule has 19 heavy (non-hydrogen) atoms. The molecule has 1 amide bonds. The van der Waals surface area contributed by atoms with E-state index in [1.807, 2.05) is 47.0 Å². The number of nitrogens with one attached hydrogen (secondary N) is 1.